The molecule has 8 nitrogen and oxygen atoms in total. The van der Waals surface area contributed by atoms with Crippen molar-refractivity contribution in [3.63, 3.8) is 0 Å². The normalized spacial score (nSPS) is 15.7. The SMILES string of the molecule is N=C(NCCCCCCS(=O)(=O)N1CCOCC1)Nc1ccncc1. The van der Waals surface area contributed by atoms with Crippen molar-refractivity contribution < 1.29 is 13.2 Å². The molecule has 140 valence electrons. The van der Waals surface area contributed by atoms with Crippen molar-refractivity contribution in [2.24, 2.45) is 0 Å². The fourth-order valence-electron chi connectivity index (χ4n) is 2.55. The number of ether oxygens (including phenoxy) is 1. The predicted octanol–water partition coefficient (Wildman–Crippen LogP) is 1.24. The number of rotatable bonds is 9. The number of nitrogens with one attached hydrogen (secondary N) is 3. The lowest BCUT2D eigenvalue weighted by Crippen LogP contribution is -2.41. The zero-order valence-electron chi connectivity index (χ0n) is 14.4. The zero-order valence-corrected chi connectivity index (χ0v) is 15.2. The third kappa shape index (κ3) is 7.37. The second kappa shape index (κ2) is 10.3. The van der Waals surface area contributed by atoms with E-state index in [1.54, 1.807) is 24.5 Å². The lowest BCUT2D eigenvalue weighted by atomic mass is 10.2. The lowest BCUT2D eigenvalue weighted by molar-refractivity contribution is 0.0730. The van der Waals surface area contributed by atoms with Crippen molar-refractivity contribution >= 4 is 21.7 Å². The Balaban J connectivity index is 1.51. The maximum Gasteiger partial charge on any atom is 0.214 e. The quantitative estimate of drug-likeness (QED) is 0.343. The molecule has 0 aromatic carbocycles. The Morgan fingerprint density at radius 3 is 2.56 bits per heavy atom. The van der Waals surface area contributed by atoms with Gasteiger partial charge in [-0.25, -0.2) is 8.42 Å². The standard InChI is InChI=1S/C16H27N5O3S/c17-16(20-15-5-8-18-9-6-15)19-7-3-1-2-4-14-25(22,23)21-10-12-24-13-11-21/h5-6,8-9H,1-4,7,10-14H2,(H3,17,18,19,20). The van der Waals surface area contributed by atoms with Gasteiger partial charge in [0.15, 0.2) is 5.96 Å². The van der Waals surface area contributed by atoms with Crippen LogP contribution in [-0.2, 0) is 14.8 Å². The molecule has 0 radical (unpaired) electrons. The van der Waals surface area contributed by atoms with Crippen LogP contribution < -0.4 is 10.6 Å². The number of hydrogen-bond donors (Lipinski definition) is 3. The van der Waals surface area contributed by atoms with Crippen LogP contribution in [0.2, 0.25) is 0 Å². The van der Waals surface area contributed by atoms with E-state index in [2.05, 4.69) is 15.6 Å². The zero-order chi connectivity index (χ0) is 18.0. The molecule has 0 aliphatic carbocycles. The molecule has 2 rings (SSSR count). The Kier molecular flexibility index (Phi) is 8.10. The largest absolute Gasteiger partial charge is 0.379 e. The predicted molar refractivity (Wildman–Crippen MR) is 98.2 cm³/mol. The molecule has 3 N–H and O–H groups in total. The van der Waals surface area contributed by atoms with Crippen LogP contribution in [0.5, 0.6) is 0 Å². The third-order valence-corrected chi connectivity index (χ3v) is 5.90. The number of aromatic nitrogens is 1. The molecule has 1 saturated heterocycles. The first kappa shape index (κ1) is 19.6. The Bertz CT molecular complexity index is 618. The van der Waals surface area contributed by atoms with Crippen molar-refractivity contribution in [3.8, 4) is 0 Å². The van der Waals surface area contributed by atoms with E-state index in [-0.39, 0.29) is 11.7 Å². The first-order valence-electron chi connectivity index (χ1n) is 8.63. The number of sulfonamides is 1. The molecular weight excluding hydrogens is 342 g/mol. The summed E-state index contributed by atoms with van der Waals surface area (Å²) in [5.74, 6) is 0.459. The summed E-state index contributed by atoms with van der Waals surface area (Å²) in [7, 11) is -3.14. The van der Waals surface area contributed by atoms with Gasteiger partial charge in [-0.3, -0.25) is 10.4 Å². The van der Waals surface area contributed by atoms with Gasteiger partial charge < -0.3 is 15.4 Å². The highest BCUT2D eigenvalue weighted by Crippen LogP contribution is 2.09. The van der Waals surface area contributed by atoms with Gasteiger partial charge in [-0.1, -0.05) is 12.8 Å². The van der Waals surface area contributed by atoms with Crippen LogP contribution in [-0.4, -0.2) is 62.3 Å². The molecule has 1 aromatic heterocycles. The molecule has 2 heterocycles. The van der Waals surface area contributed by atoms with Gasteiger partial charge in [-0.15, -0.1) is 0 Å². The second-order valence-corrected chi connectivity index (χ2v) is 7.99. The van der Waals surface area contributed by atoms with Crippen LogP contribution in [0.4, 0.5) is 5.69 Å². The van der Waals surface area contributed by atoms with E-state index in [0.29, 0.717) is 39.3 Å². The Morgan fingerprint density at radius 1 is 1.16 bits per heavy atom. The highest BCUT2D eigenvalue weighted by molar-refractivity contribution is 7.89. The average molecular weight is 369 g/mol. The van der Waals surface area contributed by atoms with Gasteiger partial charge in [0, 0.05) is 37.7 Å². The van der Waals surface area contributed by atoms with Gasteiger partial charge in [0.2, 0.25) is 10.0 Å². The molecule has 1 aromatic rings. The summed E-state index contributed by atoms with van der Waals surface area (Å²) in [5, 5.41) is 13.7. The highest BCUT2D eigenvalue weighted by atomic mass is 32.2. The summed E-state index contributed by atoms with van der Waals surface area (Å²) in [6, 6.07) is 3.59. The molecule has 25 heavy (non-hydrogen) atoms. The van der Waals surface area contributed by atoms with Crippen LogP contribution in [0.15, 0.2) is 24.5 Å². The fraction of sp³-hybridized carbons (Fsp3) is 0.625. The second-order valence-electron chi connectivity index (χ2n) is 5.90. The van der Waals surface area contributed by atoms with Crippen LogP contribution in [0, 0.1) is 5.41 Å². The van der Waals surface area contributed by atoms with E-state index >= 15 is 0 Å². The molecule has 0 saturated carbocycles. The minimum absolute atomic E-state index is 0.208. The monoisotopic (exact) mass is 369 g/mol. The van der Waals surface area contributed by atoms with Crippen molar-refractivity contribution in [2.45, 2.75) is 25.7 Å². The first-order chi connectivity index (χ1) is 12.1. The highest BCUT2D eigenvalue weighted by Gasteiger charge is 2.23. The van der Waals surface area contributed by atoms with Crippen LogP contribution in [0.25, 0.3) is 0 Å². The third-order valence-electron chi connectivity index (χ3n) is 3.94. The molecule has 1 aliphatic heterocycles. The van der Waals surface area contributed by atoms with Crippen LogP contribution in [0.3, 0.4) is 0 Å². The van der Waals surface area contributed by atoms with E-state index in [0.717, 1.165) is 24.9 Å². The number of guanidine groups is 1. The summed E-state index contributed by atoms with van der Waals surface area (Å²) in [6.07, 6.45) is 6.72. The first-order valence-corrected chi connectivity index (χ1v) is 10.2. The van der Waals surface area contributed by atoms with Crippen molar-refractivity contribution in [3.05, 3.63) is 24.5 Å². The van der Waals surface area contributed by atoms with E-state index in [9.17, 15) is 8.42 Å². The Morgan fingerprint density at radius 2 is 1.84 bits per heavy atom. The summed E-state index contributed by atoms with van der Waals surface area (Å²) in [5.41, 5.74) is 0.820. The van der Waals surface area contributed by atoms with Gasteiger partial charge in [-0.2, -0.15) is 4.31 Å². The number of morpholine rings is 1. The maximum absolute atomic E-state index is 12.2. The van der Waals surface area contributed by atoms with Crippen LogP contribution >= 0.6 is 0 Å². The Hall–Kier alpha value is -1.71. The van der Waals surface area contributed by atoms with Crippen molar-refractivity contribution in [2.75, 3.05) is 43.9 Å². The molecule has 1 fully saturated rings. The molecule has 9 heteroatoms. The molecular formula is C16H27N5O3S. The lowest BCUT2D eigenvalue weighted by Gasteiger charge is -2.25. The summed E-state index contributed by atoms with van der Waals surface area (Å²) >= 11 is 0. The number of anilines is 1. The Labute approximate surface area is 149 Å². The average Bonchev–Trinajstić information content (AvgIpc) is 2.62. The van der Waals surface area contributed by atoms with Gasteiger partial charge in [0.1, 0.15) is 0 Å². The van der Waals surface area contributed by atoms with E-state index in [1.807, 2.05) is 0 Å². The fourth-order valence-corrected chi connectivity index (χ4v) is 4.09. The number of unbranched alkanes of at least 4 members (excludes halogenated alkanes) is 3. The van der Waals surface area contributed by atoms with Crippen molar-refractivity contribution in [1.29, 1.82) is 5.41 Å². The van der Waals surface area contributed by atoms with E-state index in [4.69, 9.17) is 10.1 Å². The molecule has 1 aliphatic rings. The smallest absolute Gasteiger partial charge is 0.214 e. The number of nitrogens with zero attached hydrogens (tertiary/aromatic N) is 2. The minimum Gasteiger partial charge on any atom is -0.379 e. The van der Waals surface area contributed by atoms with Gasteiger partial charge >= 0.3 is 0 Å². The van der Waals surface area contributed by atoms with E-state index < -0.39 is 10.0 Å². The van der Waals surface area contributed by atoms with Gasteiger partial charge in [0.25, 0.3) is 0 Å². The van der Waals surface area contributed by atoms with Gasteiger partial charge in [-0.05, 0) is 25.0 Å². The molecule has 0 bridgehead atoms. The molecule has 0 unspecified atom stereocenters. The van der Waals surface area contributed by atoms with Crippen molar-refractivity contribution in [1.82, 2.24) is 14.6 Å². The van der Waals surface area contributed by atoms with Crippen LogP contribution in [0.1, 0.15) is 25.7 Å². The number of pyridine rings is 1. The molecule has 0 atom stereocenters. The summed E-state index contributed by atoms with van der Waals surface area (Å²) in [6.45, 7) is 2.61. The molecule has 0 spiro atoms. The summed E-state index contributed by atoms with van der Waals surface area (Å²) < 4.78 is 31.0. The topological polar surface area (TPSA) is 107 Å². The van der Waals surface area contributed by atoms with E-state index in [1.165, 1.54) is 4.31 Å². The number of hydrogen-bond acceptors (Lipinski definition) is 5. The maximum atomic E-state index is 12.2. The molecule has 0 amide bonds. The minimum atomic E-state index is -3.14. The summed E-state index contributed by atoms with van der Waals surface area (Å²) in [4.78, 5) is 3.92. The van der Waals surface area contributed by atoms with Gasteiger partial charge in [0.05, 0.1) is 19.0 Å².